The van der Waals surface area contributed by atoms with Crippen LogP contribution < -0.4 is 0 Å². The van der Waals surface area contributed by atoms with Crippen LogP contribution >= 0.6 is 0 Å². The van der Waals surface area contributed by atoms with Crippen LogP contribution in [0.3, 0.4) is 0 Å². The Balaban J connectivity index is 2.76. The van der Waals surface area contributed by atoms with Crippen molar-refractivity contribution in [1.29, 1.82) is 0 Å². The van der Waals surface area contributed by atoms with Crippen LogP contribution in [-0.2, 0) is 14.4 Å². The average molecular weight is 358 g/mol. The van der Waals surface area contributed by atoms with Gasteiger partial charge in [0.25, 0.3) is 0 Å². The lowest BCUT2D eigenvalue weighted by Gasteiger charge is -2.32. The molecule has 1 heterocycles. The molecular weight excluding hydrogens is 328 g/mol. The van der Waals surface area contributed by atoms with Gasteiger partial charge in [-0.3, -0.25) is 29.1 Å². The molecular formula is C16H30N4O5. The van der Waals surface area contributed by atoms with Crippen molar-refractivity contribution in [2.45, 2.75) is 6.92 Å². The zero-order valence-corrected chi connectivity index (χ0v) is 15.2. The smallest absolute Gasteiger partial charge is 0.317 e. The predicted octanol–water partition coefficient (Wildman–Crippen LogP) is -1.40. The third-order valence-electron chi connectivity index (χ3n) is 4.22. The molecule has 0 radical (unpaired) electrons. The number of hydrogen-bond donors (Lipinski definition) is 2. The Morgan fingerprint density at radius 3 is 1.32 bits per heavy atom. The van der Waals surface area contributed by atoms with Crippen LogP contribution in [0.2, 0.25) is 0 Å². The van der Waals surface area contributed by atoms with E-state index in [1.807, 2.05) is 16.8 Å². The molecule has 1 aliphatic heterocycles. The van der Waals surface area contributed by atoms with Crippen LogP contribution in [0.5, 0.6) is 0 Å². The topological polar surface area (TPSA) is 105 Å². The Morgan fingerprint density at radius 2 is 1.00 bits per heavy atom. The first-order valence-corrected chi connectivity index (χ1v) is 8.55. The Labute approximate surface area is 148 Å². The van der Waals surface area contributed by atoms with Gasteiger partial charge in [0.1, 0.15) is 5.78 Å². The van der Waals surface area contributed by atoms with Crippen LogP contribution in [0.4, 0.5) is 0 Å². The molecule has 144 valence electrons. The maximum Gasteiger partial charge on any atom is 0.317 e. The Morgan fingerprint density at radius 1 is 0.680 bits per heavy atom. The monoisotopic (exact) mass is 358 g/mol. The fourth-order valence-corrected chi connectivity index (χ4v) is 2.81. The van der Waals surface area contributed by atoms with Crippen molar-refractivity contribution < 1.29 is 24.6 Å². The van der Waals surface area contributed by atoms with E-state index in [1.165, 1.54) is 0 Å². The molecule has 0 saturated carbocycles. The second-order valence-corrected chi connectivity index (χ2v) is 6.62. The van der Waals surface area contributed by atoms with Crippen LogP contribution in [0.25, 0.3) is 0 Å². The fraction of sp³-hybridized carbons (Fsp3) is 0.812. The molecule has 9 nitrogen and oxygen atoms in total. The molecule has 0 spiro atoms. The van der Waals surface area contributed by atoms with Gasteiger partial charge in [0.05, 0.1) is 19.6 Å². The molecule has 0 aromatic rings. The molecule has 0 unspecified atom stereocenters. The van der Waals surface area contributed by atoms with E-state index in [0.29, 0.717) is 39.3 Å². The van der Waals surface area contributed by atoms with Gasteiger partial charge in [-0.2, -0.15) is 0 Å². The number of carbonyl (C=O) groups is 3. The molecule has 0 aromatic heterocycles. The van der Waals surface area contributed by atoms with E-state index in [1.54, 1.807) is 11.8 Å². The van der Waals surface area contributed by atoms with E-state index in [0.717, 1.165) is 19.6 Å². The summed E-state index contributed by atoms with van der Waals surface area (Å²) < 4.78 is 0. The van der Waals surface area contributed by atoms with Crippen molar-refractivity contribution in [3.63, 3.8) is 0 Å². The Hall–Kier alpha value is -1.55. The molecule has 1 aliphatic rings. The first-order valence-electron chi connectivity index (χ1n) is 8.55. The van der Waals surface area contributed by atoms with Crippen LogP contribution in [-0.4, -0.2) is 127 Å². The summed E-state index contributed by atoms with van der Waals surface area (Å²) in [5, 5.41) is 18.1. The third-order valence-corrected chi connectivity index (χ3v) is 4.22. The molecule has 0 aromatic carbocycles. The Bertz CT molecular complexity index is 428. The molecule has 1 fully saturated rings. The van der Waals surface area contributed by atoms with Gasteiger partial charge in [-0.25, -0.2) is 0 Å². The molecule has 0 bridgehead atoms. The zero-order chi connectivity index (χ0) is 18.8. The van der Waals surface area contributed by atoms with E-state index < -0.39 is 11.9 Å². The third kappa shape index (κ3) is 10.1. The first-order chi connectivity index (χ1) is 11.8. The predicted molar refractivity (Wildman–Crippen MR) is 92.8 cm³/mol. The van der Waals surface area contributed by atoms with E-state index >= 15 is 0 Å². The average Bonchev–Trinajstić information content (AvgIpc) is 2.49. The molecule has 1 saturated heterocycles. The second kappa shape index (κ2) is 11.1. The van der Waals surface area contributed by atoms with Gasteiger partial charge in [0.15, 0.2) is 0 Å². The van der Waals surface area contributed by atoms with Crippen LogP contribution in [0.1, 0.15) is 6.92 Å². The van der Waals surface area contributed by atoms with Gasteiger partial charge >= 0.3 is 11.9 Å². The summed E-state index contributed by atoms with van der Waals surface area (Å²) in [6.45, 7) is 6.72. The van der Waals surface area contributed by atoms with E-state index in [9.17, 15) is 14.4 Å². The number of carboxylic acid groups (broad SMARTS) is 2. The lowest BCUT2D eigenvalue weighted by molar-refractivity contribution is -0.140. The zero-order valence-electron chi connectivity index (χ0n) is 15.2. The standard InChI is InChI=1S/C16H30N4O5/c1-14(21)11-18-5-3-17(2)4-6-19(12-15(22)23)9-10-20(8-7-18)13-16(24)25/h3-13H2,1-2H3,(H,22,23)(H,24,25). The Kier molecular flexibility index (Phi) is 9.58. The molecule has 0 amide bonds. The minimum absolute atomic E-state index is 0.0504. The minimum Gasteiger partial charge on any atom is -0.480 e. The summed E-state index contributed by atoms with van der Waals surface area (Å²) in [4.78, 5) is 41.4. The first kappa shape index (κ1) is 21.5. The van der Waals surface area contributed by atoms with Crippen LogP contribution in [0, 0.1) is 0 Å². The molecule has 0 atom stereocenters. The van der Waals surface area contributed by atoms with Crippen molar-refractivity contribution in [2.24, 2.45) is 0 Å². The van der Waals surface area contributed by atoms with Crippen molar-refractivity contribution in [3.05, 3.63) is 0 Å². The number of likely N-dealkylation sites (N-methyl/N-ethyl adjacent to an activating group) is 1. The highest BCUT2D eigenvalue weighted by Gasteiger charge is 2.18. The lowest BCUT2D eigenvalue weighted by atomic mass is 10.3. The summed E-state index contributed by atoms with van der Waals surface area (Å²) in [6, 6.07) is 0. The van der Waals surface area contributed by atoms with Crippen molar-refractivity contribution in [1.82, 2.24) is 19.6 Å². The molecule has 0 aliphatic carbocycles. The number of carboxylic acids is 2. The fourth-order valence-electron chi connectivity index (χ4n) is 2.81. The van der Waals surface area contributed by atoms with Gasteiger partial charge in [-0.05, 0) is 14.0 Å². The second-order valence-electron chi connectivity index (χ2n) is 6.62. The highest BCUT2D eigenvalue weighted by Crippen LogP contribution is 2.00. The maximum atomic E-state index is 11.4. The summed E-state index contributed by atoms with van der Waals surface area (Å²) >= 11 is 0. The normalized spacial score (nSPS) is 20.6. The number of ketones is 1. The van der Waals surface area contributed by atoms with Gasteiger partial charge < -0.3 is 15.1 Å². The van der Waals surface area contributed by atoms with E-state index in [-0.39, 0.29) is 18.9 Å². The number of nitrogens with zero attached hydrogens (tertiary/aromatic N) is 4. The number of hydrogen-bond acceptors (Lipinski definition) is 7. The lowest BCUT2D eigenvalue weighted by Crippen LogP contribution is -2.47. The maximum absolute atomic E-state index is 11.4. The van der Waals surface area contributed by atoms with Crippen molar-refractivity contribution in [2.75, 3.05) is 79.0 Å². The van der Waals surface area contributed by atoms with Crippen LogP contribution in [0.15, 0.2) is 0 Å². The quantitative estimate of drug-likeness (QED) is 0.593. The largest absolute Gasteiger partial charge is 0.480 e. The number of Topliss-reactive ketones (excluding diaryl/α,β-unsaturated/α-hetero) is 1. The number of carbonyl (C=O) groups excluding carboxylic acids is 1. The highest BCUT2D eigenvalue weighted by molar-refractivity contribution is 5.77. The van der Waals surface area contributed by atoms with Crippen molar-refractivity contribution >= 4 is 17.7 Å². The van der Waals surface area contributed by atoms with Gasteiger partial charge in [0.2, 0.25) is 0 Å². The van der Waals surface area contributed by atoms with Gasteiger partial charge in [0, 0.05) is 52.4 Å². The van der Waals surface area contributed by atoms with Gasteiger partial charge in [-0.1, -0.05) is 0 Å². The summed E-state index contributed by atoms with van der Waals surface area (Å²) in [5.74, 6) is -1.70. The SMILES string of the molecule is CC(=O)CN1CCN(C)CCN(CC(=O)O)CCN(CC(=O)O)CC1. The number of rotatable bonds is 6. The summed E-state index contributed by atoms with van der Waals surface area (Å²) in [5.41, 5.74) is 0. The summed E-state index contributed by atoms with van der Waals surface area (Å²) in [7, 11) is 1.98. The summed E-state index contributed by atoms with van der Waals surface area (Å²) in [6.07, 6.45) is 0. The molecule has 2 N–H and O–H groups in total. The number of aliphatic carboxylic acids is 2. The van der Waals surface area contributed by atoms with Gasteiger partial charge in [-0.15, -0.1) is 0 Å². The van der Waals surface area contributed by atoms with Crippen molar-refractivity contribution in [3.8, 4) is 0 Å². The minimum atomic E-state index is -0.908. The van der Waals surface area contributed by atoms with E-state index in [2.05, 4.69) is 4.90 Å². The molecule has 9 heteroatoms. The highest BCUT2D eigenvalue weighted by atomic mass is 16.4. The van der Waals surface area contributed by atoms with E-state index in [4.69, 9.17) is 10.2 Å². The molecule has 1 rings (SSSR count). The molecule has 25 heavy (non-hydrogen) atoms.